The number of carbonyl (C=O) groups excluding carboxylic acids is 1. The van der Waals surface area contributed by atoms with Crippen LogP contribution in [0.2, 0.25) is 0 Å². The number of carbonyl (C=O) groups is 1. The molecule has 8 heteroatoms. The number of aromatic nitrogens is 2. The smallest absolute Gasteiger partial charge is 0.281 e. The molecular formula is C23H22FN3O3S. The Kier molecular flexibility index (Phi) is 8.00. The average molecular weight is 440 g/mol. The zero-order valence-electron chi connectivity index (χ0n) is 16.7. The second-order valence-electron chi connectivity index (χ2n) is 6.71. The van der Waals surface area contributed by atoms with Crippen LogP contribution in [0.4, 0.5) is 4.39 Å². The average Bonchev–Trinajstić information content (AvgIpc) is 2.76. The van der Waals surface area contributed by atoms with Crippen molar-refractivity contribution in [2.45, 2.75) is 18.0 Å². The lowest BCUT2D eigenvalue weighted by atomic mass is 10.1. The Bertz CT molecular complexity index is 1100. The molecule has 0 spiro atoms. The molecule has 0 aliphatic rings. The summed E-state index contributed by atoms with van der Waals surface area (Å²) in [4.78, 5) is 30.8. The Balaban J connectivity index is 1.48. The summed E-state index contributed by atoms with van der Waals surface area (Å²) in [6.45, 7) is 0.410. The Labute approximate surface area is 183 Å². The third kappa shape index (κ3) is 7.11. The van der Waals surface area contributed by atoms with Crippen molar-refractivity contribution in [1.82, 2.24) is 15.3 Å². The van der Waals surface area contributed by atoms with Crippen molar-refractivity contribution in [3.05, 3.63) is 93.5 Å². The van der Waals surface area contributed by atoms with E-state index in [1.165, 1.54) is 12.1 Å². The first-order chi connectivity index (χ1) is 15.0. The Morgan fingerprint density at radius 2 is 1.90 bits per heavy atom. The first-order valence-electron chi connectivity index (χ1n) is 9.69. The number of aromatic hydroxyl groups is 1. The molecule has 0 atom stereocenters. The Morgan fingerprint density at radius 1 is 1.16 bits per heavy atom. The maximum absolute atomic E-state index is 12.9. The van der Waals surface area contributed by atoms with Gasteiger partial charge in [-0.05, 0) is 29.7 Å². The molecular weight excluding hydrogens is 417 g/mol. The van der Waals surface area contributed by atoms with Gasteiger partial charge < -0.3 is 15.4 Å². The van der Waals surface area contributed by atoms with Gasteiger partial charge in [0, 0.05) is 13.0 Å². The molecule has 1 heterocycles. The minimum absolute atomic E-state index is 0.0407. The van der Waals surface area contributed by atoms with E-state index in [1.807, 2.05) is 36.4 Å². The number of rotatable bonds is 9. The fraction of sp³-hybridized carbons (Fsp3) is 0.174. The van der Waals surface area contributed by atoms with E-state index in [0.29, 0.717) is 13.0 Å². The number of H-pyrrole nitrogens is 1. The van der Waals surface area contributed by atoms with Gasteiger partial charge >= 0.3 is 0 Å². The number of nitrogens with one attached hydrogen (secondary N) is 2. The van der Waals surface area contributed by atoms with Gasteiger partial charge in [0.15, 0.2) is 11.0 Å². The van der Waals surface area contributed by atoms with Crippen molar-refractivity contribution < 1.29 is 14.3 Å². The van der Waals surface area contributed by atoms with Crippen LogP contribution in [0.3, 0.4) is 0 Å². The number of nitrogens with zero attached hydrogens (tertiary/aromatic N) is 1. The van der Waals surface area contributed by atoms with Crippen molar-refractivity contribution in [3.63, 3.8) is 0 Å². The molecule has 6 nitrogen and oxygen atoms in total. The van der Waals surface area contributed by atoms with E-state index in [1.54, 1.807) is 18.2 Å². The normalized spacial score (nSPS) is 11.0. The standard InChI is InChI=1S/C23H22FN3O3S/c24-18-11-9-17(10-12-18)13-14-25-20(28)15-31-23-26-21(29)19(22(30)27-23)8-4-7-16-5-2-1-3-6-16/h1-7,9-12H,8,13-15H2,(H,25,28)(H2,26,27,29,30). The van der Waals surface area contributed by atoms with Crippen molar-refractivity contribution >= 4 is 23.7 Å². The van der Waals surface area contributed by atoms with Gasteiger partial charge in [-0.15, -0.1) is 0 Å². The van der Waals surface area contributed by atoms with Crippen LogP contribution in [-0.2, 0) is 17.6 Å². The van der Waals surface area contributed by atoms with Gasteiger partial charge in [0.2, 0.25) is 5.91 Å². The summed E-state index contributed by atoms with van der Waals surface area (Å²) < 4.78 is 12.9. The molecule has 2 aromatic carbocycles. The van der Waals surface area contributed by atoms with E-state index >= 15 is 0 Å². The third-order valence-electron chi connectivity index (χ3n) is 4.39. The maximum Gasteiger partial charge on any atom is 0.281 e. The van der Waals surface area contributed by atoms with E-state index in [0.717, 1.165) is 22.9 Å². The van der Waals surface area contributed by atoms with Crippen molar-refractivity contribution in [1.29, 1.82) is 0 Å². The quantitative estimate of drug-likeness (QED) is 0.351. The van der Waals surface area contributed by atoms with Crippen LogP contribution in [0.25, 0.3) is 6.08 Å². The Hall–Kier alpha value is -3.39. The molecule has 0 saturated carbocycles. The highest BCUT2D eigenvalue weighted by Crippen LogP contribution is 2.17. The fourth-order valence-electron chi connectivity index (χ4n) is 2.78. The van der Waals surface area contributed by atoms with Crippen LogP contribution in [0.1, 0.15) is 16.7 Å². The molecule has 3 N–H and O–H groups in total. The monoisotopic (exact) mass is 439 g/mol. The van der Waals surface area contributed by atoms with Crippen LogP contribution in [0.15, 0.2) is 70.6 Å². The van der Waals surface area contributed by atoms with E-state index in [4.69, 9.17) is 0 Å². The minimum atomic E-state index is -0.534. The largest absolute Gasteiger partial charge is 0.494 e. The highest BCUT2D eigenvalue weighted by molar-refractivity contribution is 7.99. The van der Waals surface area contributed by atoms with Gasteiger partial charge in [0.1, 0.15) is 5.82 Å². The van der Waals surface area contributed by atoms with E-state index < -0.39 is 5.56 Å². The number of allylic oxidation sites excluding steroid dienone is 1. The van der Waals surface area contributed by atoms with Gasteiger partial charge in [0.25, 0.3) is 5.56 Å². The number of hydrogen-bond acceptors (Lipinski definition) is 5. The number of benzene rings is 2. The van der Waals surface area contributed by atoms with Gasteiger partial charge in [-0.1, -0.05) is 66.4 Å². The molecule has 0 aliphatic heterocycles. The summed E-state index contributed by atoms with van der Waals surface area (Å²) in [6.07, 6.45) is 4.45. The lowest BCUT2D eigenvalue weighted by Gasteiger charge is -2.06. The van der Waals surface area contributed by atoms with Gasteiger partial charge in [0.05, 0.1) is 11.3 Å². The molecule has 0 aliphatic carbocycles. The molecule has 0 bridgehead atoms. The molecule has 0 radical (unpaired) electrons. The fourth-order valence-corrected chi connectivity index (χ4v) is 3.46. The van der Waals surface area contributed by atoms with E-state index in [9.17, 15) is 19.1 Å². The highest BCUT2D eigenvalue weighted by atomic mass is 32.2. The molecule has 31 heavy (non-hydrogen) atoms. The Morgan fingerprint density at radius 3 is 2.61 bits per heavy atom. The van der Waals surface area contributed by atoms with Gasteiger partial charge in [-0.3, -0.25) is 9.59 Å². The second-order valence-corrected chi connectivity index (χ2v) is 7.67. The van der Waals surface area contributed by atoms with Crippen molar-refractivity contribution in [2.24, 2.45) is 0 Å². The molecule has 0 unspecified atom stereocenters. The first-order valence-corrected chi connectivity index (χ1v) is 10.7. The minimum Gasteiger partial charge on any atom is -0.494 e. The lowest BCUT2D eigenvalue weighted by Crippen LogP contribution is -2.27. The predicted molar refractivity (Wildman–Crippen MR) is 120 cm³/mol. The van der Waals surface area contributed by atoms with E-state index in [2.05, 4.69) is 15.3 Å². The van der Waals surface area contributed by atoms with Gasteiger partial charge in [-0.25, -0.2) is 4.39 Å². The van der Waals surface area contributed by atoms with Crippen molar-refractivity contribution in [3.8, 4) is 5.88 Å². The van der Waals surface area contributed by atoms with Gasteiger partial charge in [-0.2, -0.15) is 4.98 Å². The number of aromatic amines is 1. The van der Waals surface area contributed by atoms with Crippen LogP contribution in [0.5, 0.6) is 5.88 Å². The number of thioether (sulfide) groups is 1. The summed E-state index contributed by atoms with van der Waals surface area (Å²) in [7, 11) is 0. The zero-order valence-corrected chi connectivity index (χ0v) is 17.5. The molecule has 0 fully saturated rings. The topological polar surface area (TPSA) is 95.1 Å². The molecule has 0 saturated heterocycles. The molecule has 1 amide bonds. The second kappa shape index (κ2) is 11.1. The molecule has 3 aromatic rings. The maximum atomic E-state index is 12.9. The van der Waals surface area contributed by atoms with Crippen molar-refractivity contribution in [2.75, 3.05) is 12.3 Å². The predicted octanol–water partition coefficient (Wildman–Crippen LogP) is 3.32. The summed E-state index contributed by atoms with van der Waals surface area (Å²) in [6, 6.07) is 15.7. The lowest BCUT2D eigenvalue weighted by molar-refractivity contribution is -0.118. The van der Waals surface area contributed by atoms with E-state index in [-0.39, 0.29) is 40.5 Å². The zero-order chi connectivity index (χ0) is 22.1. The van der Waals surface area contributed by atoms with Crippen LogP contribution >= 0.6 is 11.8 Å². The van der Waals surface area contributed by atoms with Crippen LogP contribution in [-0.4, -0.2) is 33.3 Å². The number of amides is 1. The first kappa shape index (κ1) is 22.3. The summed E-state index contributed by atoms with van der Waals surface area (Å²) in [5.41, 5.74) is 1.54. The third-order valence-corrected chi connectivity index (χ3v) is 5.27. The summed E-state index contributed by atoms with van der Waals surface area (Å²) in [5, 5.41) is 13.1. The summed E-state index contributed by atoms with van der Waals surface area (Å²) in [5.74, 6) is -0.743. The van der Waals surface area contributed by atoms with Crippen LogP contribution in [0, 0.1) is 5.82 Å². The highest BCUT2D eigenvalue weighted by Gasteiger charge is 2.11. The summed E-state index contributed by atoms with van der Waals surface area (Å²) >= 11 is 1.03. The van der Waals surface area contributed by atoms with Crippen LogP contribution < -0.4 is 10.9 Å². The number of hydrogen-bond donors (Lipinski definition) is 3. The number of halogens is 1. The molecule has 160 valence electrons. The molecule has 3 rings (SSSR count). The SMILES string of the molecule is O=C(CSc1nc(=O)c(CC=Cc2ccccc2)c(O)[nH]1)NCCc1ccc(F)cc1. The molecule has 1 aromatic heterocycles.